The molecule has 0 bridgehead atoms. The van der Waals surface area contributed by atoms with Crippen LogP contribution < -0.4 is 0 Å². The van der Waals surface area contributed by atoms with E-state index in [9.17, 15) is 59.9 Å². The van der Waals surface area contributed by atoms with Gasteiger partial charge < -0.3 is 55.2 Å². The highest BCUT2D eigenvalue weighted by molar-refractivity contribution is 7.47. The third-order valence-corrected chi connectivity index (χ3v) is 11.4. The van der Waals surface area contributed by atoms with Gasteiger partial charge in [0.25, 0.3) is 0 Å². The van der Waals surface area contributed by atoms with Gasteiger partial charge in [-0.05, 0) is 57.8 Å². The summed E-state index contributed by atoms with van der Waals surface area (Å²) in [5.41, 5.74) is 0. The van der Waals surface area contributed by atoms with E-state index in [0.29, 0.717) is 12.8 Å². The quantitative estimate of drug-likeness (QED) is 0.0121. The van der Waals surface area contributed by atoms with Gasteiger partial charge in [-0.1, -0.05) is 138 Å². The zero-order chi connectivity index (χ0) is 47.6. The van der Waals surface area contributed by atoms with Gasteiger partial charge in [0.15, 0.2) is 6.10 Å². The molecule has 64 heavy (non-hydrogen) atoms. The van der Waals surface area contributed by atoms with Crippen molar-refractivity contribution in [3.05, 3.63) is 72.9 Å². The van der Waals surface area contributed by atoms with Gasteiger partial charge in [-0.25, -0.2) is 4.57 Å². The Morgan fingerprint density at radius 1 is 0.609 bits per heavy atom. The number of hydrogen-bond acceptors (Lipinski definition) is 15. The van der Waals surface area contributed by atoms with Crippen molar-refractivity contribution in [1.29, 1.82) is 0 Å². The molecule has 0 aromatic heterocycles. The number of allylic oxidation sites excluding steroid dienone is 9. The normalized spacial score (nSPS) is 23.7. The van der Waals surface area contributed by atoms with Gasteiger partial charge in [-0.3, -0.25) is 18.6 Å². The molecule has 17 heteroatoms. The van der Waals surface area contributed by atoms with Crippen molar-refractivity contribution in [1.82, 2.24) is 0 Å². The Labute approximate surface area is 380 Å². The van der Waals surface area contributed by atoms with E-state index in [2.05, 4.69) is 19.1 Å². The first-order chi connectivity index (χ1) is 30.6. The molecule has 0 aromatic carbocycles. The topological polar surface area (TPSA) is 270 Å². The highest BCUT2D eigenvalue weighted by Gasteiger charge is 2.51. The number of rotatable bonds is 36. The Morgan fingerprint density at radius 2 is 1.14 bits per heavy atom. The smallest absolute Gasteiger partial charge is 0.462 e. The molecule has 9 N–H and O–H groups in total. The molecular formula is C47H79O16P. The van der Waals surface area contributed by atoms with Crippen molar-refractivity contribution in [3.8, 4) is 0 Å². The Kier molecular flexibility index (Phi) is 33.6. The number of ether oxygens (including phenoxy) is 2. The molecule has 3 unspecified atom stereocenters. The van der Waals surface area contributed by atoms with Crippen molar-refractivity contribution in [2.24, 2.45) is 0 Å². The molecule has 1 aliphatic carbocycles. The fourth-order valence-electron chi connectivity index (χ4n) is 6.50. The fraction of sp³-hybridized carbons (Fsp3) is 0.702. The molecule has 0 spiro atoms. The van der Waals surface area contributed by atoms with Crippen LogP contribution in [-0.2, 0) is 32.7 Å². The lowest BCUT2D eigenvalue weighted by atomic mass is 9.85. The van der Waals surface area contributed by atoms with Crippen LogP contribution in [0.15, 0.2) is 72.9 Å². The van der Waals surface area contributed by atoms with Crippen LogP contribution in [0.3, 0.4) is 0 Å². The van der Waals surface area contributed by atoms with Crippen LogP contribution in [0.4, 0.5) is 0 Å². The van der Waals surface area contributed by atoms with E-state index in [1.54, 1.807) is 42.5 Å². The zero-order valence-corrected chi connectivity index (χ0v) is 38.8. The highest BCUT2D eigenvalue weighted by Crippen LogP contribution is 2.47. The third kappa shape index (κ3) is 28.3. The summed E-state index contributed by atoms with van der Waals surface area (Å²) >= 11 is 0. The van der Waals surface area contributed by atoms with Crippen molar-refractivity contribution >= 4 is 19.8 Å². The van der Waals surface area contributed by atoms with Crippen LogP contribution in [0, 0.1) is 0 Å². The molecule has 1 saturated carbocycles. The van der Waals surface area contributed by atoms with E-state index in [4.69, 9.17) is 18.5 Å². The average molecular weight is 931 g/mol. The molecule has 11 atom stereocenters. The number of unbranched alkanes of at least 4 members (excludes halogenated alkanes) is 11. The van der Waals surface area contributed by atoms with Crippen molar-refractivity contribution in [2.75, 3.05) is 13.2 Å². The number of phosphoric ester groups is 1. The molecule has 0 amide bonds. The van der Waals surface area contributed by atoms with Gasteiger partial charge in [0, 0.05) is 12.8 Å². The van der Waals surface area contributed by atoms with Crippen LogP contribution >= 0.6 is 7.82 Å². The first-order valence-electron chi connectivity index (χ1n) is 23.1. The third-order valence-electron chi connectivity index (χ3n) is 10.4. The maximum Gasteiger partial charge on any atom is 0.472 e. The van der Waals surface area contributed by atoms with Crippen LogP contribution in [0.2, 0.25) is 0 Å². The molecule has 1 rings (SSSR count). The number of phosphoric acid groups is 1. The van der Waals surface area contributed by atoms with E-state index in [0.717, 1.165) is 57.8 Å². The molecule has 368 valence electrons. The first kappa shape index (κ1) is 59.2. The average Bonchev–Trinajstić information content (AvgIpc) is 3.26. The summed E-state index contributed by atoms with van der Waals surface area (Å²) in [6.07, 6.45) is 20.2. The van der Waals surface area contributed by atoms with Crippen LogP contribution in [0.1, 0.15) is 136 Å². The predicted octanol–water partition coefficient (Wildman–Crippen LogP) is 5.63. The second kappa shape index (κ2) is 36.3. The Bertz CT molecular complexity index is 1450. The van der Waals surface area contributed by atoms with E-state index in [-0.39, 0.29) is 25.7 Å². The zero-order valence-electron chi connectivity index (χ0n) is 37.9. The molecule has 16 nitrogen and oxygen atoms in total. The number of carbonyl (C=O) groups is 2. The maximum absolute atomic E-state index is 12.8. The van der Waals surface area contributed by atoms with Gasteiger partial charge in [-0.15, -0.1) is 0 Å². The van der Waals surface area contributed by atoms with Gasteiger partial charge in [0.2, 0.25) is 0 Å². The largest absolute Gasteiger partial charge is 0.472 e. The lowest BCUT2D eigenvalue weighted by molar-refractivity contribution is -0.220. The SMILES string of the molecule is CC/C=C\C[C@@H](O)/C=C/C=C/C=C\C=C/[C@H](O)[C@@H](O)CCCC(=O)OC[C@H](COP(=O)(O)OC1[C@H](O)[C@H](O)C(O)[C@H](O)[C@H]1O)OC(=O)CCCCCCCCC/C=C\CCCCCC. The summed E-state index contributed by atoms with van der Waals surface area (Å²) in [6, 6.07) is 0. The van der Waals surface area contributed by atoms with E-state index >= 15 is 0 Å². The summed E-state index contributed by atoms with van der Waals surface area (Å²) in [4.78, 5) is 35.7. The number of aliphatic hydroxyl groups excluding tert-OH is 8. The number of aliphatic hydroxyl groups is 8. The minimum Gasteiger partial charge on any atom is -0.462 e. The minimum absolute atomic E-state index is 0.0142. The van der Waals surface area contributed by atoms with Gasteiger partial charge >= 0.3 is 19.8 Å². The van der Waals surface area contributed by atoms with Crippen molar-refractivity contribution in [3.63, 3.8) is 0 Å². The lowest BCUT2D eigenvalue weighted by Gasteiger charge is -2.41. The minimum atomic E-state index is -5.21. The molecule has 0 aliphatic heterocycles. The second-order valence-corrected chi connectivity index (χ2v) is 17.5. The van der Waals surface area contributed by atoms with Crippen LogP contribution in [0.5, 0.6) is 0 Å². The summed E-state index contributed by atoms with van der Waals surface area (Å²) in [6.45, 7) is 2.78. The van der Waals surface area contributed by atoms with Crippen LogP contribution in [-0.4, -0.2) is 132 Å². The van der Waals surface area contributed by atoms with E-state index in [1.807, 2.05) is 19.1 Å². The molecule has 0 heterocycles. The molecule has 0 radical (unpaired) electrons. The Balaban J connectivity index is 2.62. The summed E-state index contributed by atoms with van der Waals surface area (Å²) in [5, 5.41) is 80.6. The van der Waals surface area contributed by atoms with Gasteiger partial charge in [0.1, 0.15) is 43.2 Å². The summed E-state index contributed by atoms with van der Waals surface area (Å²) < 4.78 is 33.3. The van der Waals surface area contributed by atoms with E-state index < -0.39 is 94.0 Å². The monoisotopic (exact) mass is 931 g/mol. The molecule has 0 saturated heterocycles. The summed E-state index contributed by atoms with van der Waals surface area (Å²) in [5.74, 6) is -1.44. The summed E-state index contributed by atoms with van der Waals surface area (Å²) in [7, 11) is -5.21. The van der Waals surface area contributed by atoms with Crippen molar-refractivity contribution < 1.29 is 78.4 Å². The maximum atomic E-state index is 12.8. The Morgan fingerprint density at radius 3 is 1.75 bits per heavy atom. The number of esters is 2. The Hall–Kier alpha value is -2.83. The van der Waals surface area contributed by atoms with E-state index in [1.165, 1.54) is 31.8 Å². The first-order valence-corrected chi connectivity index (χ1v) is 24.6. The predicted molar refractivity (Wildman–Crippen MR) is 243 cm³/mol. The fourth-order valence-corrected chi connectivity index (χ4v) is 7.48. The molecule has 0 aromatic rings. The molecular weight excluding hydrogens is 851 g/mol. The van der Waals surface area contributed by atoms with Gasteiger partial charge in [0.05, 0.1) is 24.9 Å². The second-order valence-electron chi connectivity index (χ2n) is 16.1. The molecule has 1 fully saturated rings. The highest BCUT2D eigenvalue weighted by atomic mass is 31.2. The number of carbonyl (C=O) groups excluding carboxylic acids is 2. The number of hydrogen-bond donors (Lipinski definition) is 9. The lowest BCUT2D eigenvalue weighted by Crippen LogP contribution is -2.64. The van der Waals surface area contributed by atoms with Gasteiger partial charge in [-0.2, -0.15) is 0 Å². The standard InChI is InChI=1S/C47H79O16P/c1-3-5-7-8-9-10-11-12-13-14-15-16-17-22-26-32-41(52)62-37(35-61-64(58,59)63-47-45(56)43(54)42(53)44(55)46(47)57)34-60-40(51)33-27-31-39(50)38(49)30-25-21-19-18-20-24-29-36(48)28-23-6-4-2/h6,10-11,18-21,23-25,29-30,36-39,42-50,53-57H,3-5,7-9,12-17,22,26-28,31-35H2,1-2H3,(H,58,59)/b11-10-,20-18+,21-19-,23-6-,29-24+,30-25-/t36-,37-,38+,39+,42?,43-,44+,45-,46-,47?/m1/s1. The van der Waals surface area contributed by atoms with Crippen LogP contribution in [0.25, 0.3) is 0 Å². The van der Waals surface area contributed by atoms with Crippen molar-refractivity contribution in [2.45, 2.75) is 197 Å². The molecule has 1 aliphatic rings.